The van der Waals surface area contributed by atoms with Crippen LogP contribution < -0.4 is 4.90 Å². The second kappa shape index (κ2) is 10.7. The van der Waals surface area contributed by atoms with Gasteiger partial charge in [-0.1, -0.05) is 42.9 Å². The molecule has 0 fully saturated rings. The number of aryl methyl sites for hydroxylation is 2. The van der Waals surface area contributed by atoms with E-state index in [1.54, 1.807) is 11.3 Å². The Hall–Kier alpha value is -1.18. The van der Waals surface area contributed by atoms with Gasteiger partial charge < -0.3 is 4.90 Å². The Morgan fingerprint density at radius 2 is 1.83 bits per heavy atom. The highest BCUT2D eigenvalue weighted by molar-refractivity contribution is 7.22. The lowest BCUT2D eigenvalue weighted by molar-refractivity contribution is -0.118. The second-order valence-corrected chi connectivity index (χ2v) is 9.69. The molecule has 0 aliphatic carbocycles. The molecule has 0 unspecified atom stereocenters. The molecule has 1 amide bonds. The van der Waals surface area contributed by atoms with E-state index in [9.17, 15) is 4.79 Å². The maximum absolute atomic E-state index is 13.2. The van der Waals surface area contributed by atoms with Crippen molar-refractivity contribution in [3.05, 3.63) is 44.6 Å². The summed E-state index contributed by atoms with van der Waals surface area (Å²) in [5.74, 6) is 0.0686. The van der Waals surface area contributed by atoms with Crippen molar-refractivity contribution in [2.45, 2.75) is 34.1 Å². The first kappa shape index (κ1) is 24.1. The van der Waals surface area contributed by atoms with Gasteiger partial charge in [0.05, 0.1) is 21.0 Å². The van der Waals surface area contributed by atoms with Crippen LogP contribution >= 0.6 is 46.7 Å². The van der Waals surface area contributed by atoms with Crippen LogP contribution in [0, 0.1) is 13.8 Å². The monoisotopic (exact) mass is 471 g/mol. The molecule has 8 heteroatoms. The molecule has 0 bridgehead atoms. The number of fused-ring (bicyclic) bond motifs is 1. The molecule has 158 valence electrons. The summed E-state index contributed by atoms with van der Waals surface area (Å²) in [5, 5.41) is 0.781. The number of benzene rings is 1. The summed E-state index contributed by atoms with van der Waals surface area (Å²) in [6.07, 6.45) is 0.351. The molecule has 2 aromatic heterocycles. The molecular weight excluding hydrogens is 445 g/mol. The lowest BCUT2D eigenvalue weighted by Gasteiger charge is -2.24. The number of halogens is 2. The average molecular weight is 473 g/mol. The van der Waals surface area contributed by atoms with Gasteiger partial charge in [0.1, 0.15) is 0 Å². The molecule has 2 heterocycles. The van der Waals surface area contributed by atoms with Crippen molar-refractivity contribution in [3.63, 3.8) is 0 Å². The summed E-state index contributed by atoms with van der Waals surface area (Å²) in [5.41, 5.74) is 3.36. The summed E-state index contributed by atoms with van der Waals surface area (Å²) in [6.45, 7) is 11.9. The van der Waals surface area contributed by atoms with E-state index in [-0.39, 0.29) is 18.3 Å². The van der Waals surface area contributed by atoms with Crippen molar-refractivity contribution in [1.82, 2.24) is 9.88 Å². The Morgan fingerprint density at radius 1 is 1.10 bits per heavy atom. The number of carbonyl (C=O) groups is 1. The fraction of sp³-hybridized carbons (Fsp3) is 0.429. The number of likely N-dealkylation sites (N-methyl/N-ethyl adjacent to an activating group) is 1. The molecule has 0 spiro atoms. The topological polar surface area (TPSA) is 36.4 Å². The Kier molecular flexibility index (Phi) is 8.91. The van der Waals surface area contributed by atoms with Crippen molar-refractivity contribution in [1.29, 1.82) is 0 Å². The van der Waals surface area contributed by atoms with Crippen LogP contribution in [0.4, 0.5) is 5.13 Å². The number of hydrogen-bond donors (Lipinski definition) is 0. The molecule has 0 radical (unpaired) electrons. The van der Waals surface area contributed by atoms with E-state index in [4.69, 9.17) is 16.6 Å². The quantitative estimate of drug-likeness (QED) is 0.406. The lowest BCUT2D eigenvalue weighted by atomic mass is 10.1. The van der Waals surface area contributed by atoms with E-state index in [0.29, 0.717) is 17.3 Å². The molecule has 0 atom stereocenters. The van der Waals surface area contributed by atoms with Gasteiger partial charge in [-0.25, -0.2) is 4.98 Å². The van der Waals surface area contributed by atoms with E-state index >= 15 is 0 Å². The zero-order chi connectivity index (χ0) is 20.3. The fourth-order valence-corrected chi connectivity index (χ4v) is 5.54. The molecule has 3 rings (SSSR count). The molecule has 1 aromatic carbocycles. The van der Waals surface area contributed by atoms with E-state index in [0.717, 1.165) is 45.4 Å². The third kappa shape index (κ3) is 5.92. The van der Waals surface area contributed by atoms with Crippen LogP contribution in [-0.4, -0.2) is 42.0 Å². The van der Waals surface area contributed by atoms with Gasteiger partial charge in [0.2, 0.25) is 5.91 Å². The number of rotatable bonds is 8. The van der Waals surface area contributed by atoms with Gasteiger partial charge in [-0.05, 0) is 56.3 Å². The highest BCUT2D eigenvalue weighted by Crippen LogP contribution is 2.32. The van der Waals surface area contributed by atoms with E-state index in [2.05, 4.69) is 44.7 Å². The van der Waals surface area contributed by atoms with Crippen molar-refractivity contribution in [2.75, 3.05) is 31.1 Å². The zero-order valence-electron chi connectivity index (χ0n) is 17.2. The number of aromatic nitrogens is 1. The van der Waals surface area contributed by atoms with Crippen LogP contribution in [0.1, 0.15) is 29.9 Å². The normalized spacial score (nSPS) is 11.1. The molecule has 4 nitrogen and oxygen atoms in total. The molecular formula is C21H27Cl2N3OS2. The van der Waals surface area contributed by atoms with Gasteiger partial charge in [-0.2, -0.15) is 0 Å². The van der Waals surface area contributed by atoms with E-state index in [1.807, 2.05) is 17.0 Å². The van der Waals surface area contributed by atoms with Crippen LogP contribution in [0.25, 0.3) is 10.2 Å². The van der Waals surface area contributed by atoms with Crippen molar-refractivity contribution in [3.8, 4) is 0 Å². The Balaban J connectivity index is 0.00000300. The van der Waals surface area contributed by atoms with E-state index < -0.39 is 0 Å². The highest BCUT2D eigenvalue weighted by Gasteiger charge is 2.22. The smallest absolute Gasteiger partial charge is 0.234 e. The molecule has 0 saturated heterocycles. The minimum absolute atomic E-state index is 0. The van der Waals surface area contributed by atoms with Gasteiger partial charge in [-0.3, -0.25) is 9.69 Å². The third-order valence-corrected chi connectivity index (χ3v) is 7.10. The Labute approximate surface area is 191 Å². The maximum Gasteiger partial charge on any atom is 0.234 e. The molecule has 0 N–H and O–H groups in total. The van der Waals surface area contributed by atoms with Crippen molar-refractivity contribution < 1.29 is 4.79 Å². The van der Waals surface area contributed by atoms with Crippen molar-refractivity contribution in [2.24, 2.45) is 0 Å². The Morgan fingerprint density at radius 3 is 2.45 bits per heavy atom. The maximum atomic E-state index is 13.2. The number of thiazole rings is 1. The van der Waals surface area contributed by atoms with Crippen LogP contribution in [0.3, 0.4) is 0 Å². The number of hydrogen-bond acceptors (Lipinski definition) is 5. The summed E-state index contributed by atoms with van der Waals surface area (Å²) < 4.78 is 1.84. The predicted molar refractivity (Wildman–Crippen MR) is 130 cm³/mol. The van der Waals surface area contributed by atoms with Crippen molar-refractivity contribution >= 4 is 67.9 Å². The number of nitrogens with zero attached hydrogens (tertiary/aromatic N) is 3. The average Bonchev–Trinajstić information content (AvgIpc) is 3.25. The predicted octanol–water partition coefficient (Wildman–Crippen LogP) is 5.97. The minimum Gasteiger partial charge on any atom is -0.302 e. The molecule has 0 saturated carbocycles. The molecule has 3 aromatic rings. The SMILES string of the molecule is CCN(CC)CCN(C(=O)Cc1ccc(Cl)s1)c1nc2c(C)cc(C)cc2s1.Cl. The molecule has 0 aliphatic rings. The van der Waals surface area contributed by atoms with Gasteiger partial charge in [0, 0.05) is 18.0 Å². The van der Waals surface area contributed by atoms with Gasteiger partial charge in [0.25, 0.3) is 0 Å². The zero-order valence-corrected chi connectivity index (χ0v) is 20.4. The number of thiophene rings is 1. The van der Waals surface area contributed by atoms with Crippen LogP contribution in [0.2, 0.25) is 4.34 Å². The first-order chi connectivity index (χ1) is 13.4. The number of anilines is 1. The summed E-state index contributed by atoms with van der Waals surface area (Å²) >= 11 is 9.10. The van der Waals surface area contributed by atoms with Crippen LogP contribution in [0.15, 0.2) is 24.3 Å². The third-order valence-electron chi connectivity index (χ3n) is 4.84. The molecule has 0 aliphatic heterocycles. The van der Waals surface area contributed by atoms with Gasteiger partial charge in [-0.15, -0.1) is 23.7 Å². The molecule has 29 heavy (non-hydrogen) atoms. The summed E-state index contributed by atoms with van der Waals surface area (Å²) in [7, 11) is 0. The first-order valence-corrected chi connectivity index (χ1v) is 11.6. The highest BCUT2D eigenvalue weighted by atomic mass is 35.5. The van der Waals surface area contributed by atoms with Crippen LogP contribution in [0.5, 0.6) is 0 Å². The Bertz CT molecular complexity index is 966. The minimum atomic E-state index is 0. The second-order valence-electron chi connectivity index (χ2n) is 6.88. The lowest BCUT2D eigenvalue weighted by Crippen LogP contribution is -2.39. The fourth-order valence-electron chi connectivity index (χ4n) is 3.27. The van der Waals surface area contributed by atoms with Gasteiger partial charge >= 0.3 is 0 Å². The van der Waals surface area contributed by atoms with E-state index in [1.165, 1.54) is 16.9 Å². The number of amides is 1. The summed E-state index contributed by atoms with van der Waals surface area (Å²) in [6, 6.07) is 8.06. The standard InChI is InChI=1S/C21H26ClN3OS2.ClH/c1-5-24(6-2)9-10-25(19(26)13-16-7-8-18(22)27-16)21-23-20-15(4)11-14(3)12-17(20)28-21;/h7-8,11-12H,5-6,9-10,13H2,1-4H3;1H. The first-order valence-electron chi connectivity index (χ1n) is 9.56. The summed E-state index contributed by atoms with van der Waals surface area (Å²) in [4.78, 5) is 23.2. The largest absolute Gasteiger partial charge is 0.302 e. The number of carbonyl (C=O) groups excluding carboxylic acids is 1. The van der Waals surface area contributed by atoms with Crippen LogP contribution in [-0.2, 0) is 11.2 Å². The van der Waals surface area contributed by atoms with Gasteiger partial charge in [0.15, 0.2) is 5.13 Å².